The van der Waals surface area contributed by atoms with E-state index in [1.807, 2.05) is 42.5 Å². The van der Waals surface area contributed by atoms with Gasteiger partial charge in [-0.2, -0.15) is 0 Å². The molecule has 1 N–H and O–H groups in total. The number of carbonyl (C=O) groups is 1. The third-order valence-electron chi connectivity index (χ3n) is 3.17. The lowest BCUT2D eigenvalue weighted by Gasteiger charge is -2.10. The van der Waals surface area contributed by atoms with Crippen molar-refractivity contribution in [2.24, 2.45) is 0 Å². The number of carbonyl (C=O) groups excluding carboxylic acids is 1. The van der Waals surface area contributed by atoms with E-state index in [-0.39, 0.29) is 5.91 Å². The van der Waals surface area contributed by atoms with Gasteiger partial charge in [-0.3, -0.25) is 9.78 Å². The molecular weight excluding hydrogens is 290 g/mol. The fourth-order valence-corrected chi connectivity index (χ4v) is 2.03. The van der Waals surface area contributed by atoms with E-state index >= 15 is 0 Å². The Morgan fingerprint density at radius 1 is 1.00 bits per heavy atom. The van der Waals surface area contributed by atoms with Crippen molar-refractivity contribution < 1.29 is 9.53 Å². The molecule has 3 aromatic rings. The van der Waals surface area contributed by atoms with Gasteiger partial charge in [0, 0.05) is 30.7 Å². The Kier molecular flexibility index (Phi) is 4.59. The van der Waals surface area contributed by atoms with Crippen LogP contribution in [0.4, 0.5) is 0 Å². The predicted octanol–water partition coefficient (Wildman–Crippen LogP) is 3.20. The summed E-state index contributed by atoms with van der Waals surface area (Å²) in [4.78, 5) is 20.3. The predicted molar refractivity (Wildman–Crippen MR) is 86.2 cm³/mol. The van der Waals surface area contributed by atoms with Crippen molar-refractivity contribution in [3.8, 4) is 11.6 Å². The molecule has 0 atom stereocenters. The average molecular weight is 305 g/mol. The van der Waals surface area contributed by atoms with E-state index in [9.17, 15) is 4.79 Å². The minimum absolute atomic E-state index is 0.187. The molecule has 0 saturated heterocycles. The van der Waals surface area contributed by atoms with E-state index in [0.717, 1.165) is 5.56 Å². The number of para-hydroxylation sites is 1. The molecule has 23 heavy (non-hydrogen) atoms. The maximum Gasteiger partial charge on any atom is 0.253 e. The molecule has 5 nitrogen and oxygen atoms in total. The summed E-state index contributed by atoms with van der Waals surface area (Å²) < 4.78 is 5.77. The highest BCUT2D eigenvalue weighted by Gasteiger charge is 2.09. The van der Waals surface area contributed by atoms with Crippen molar-refractivity contribution in [2.45, 2.75) is 6.54 Å². The molecule has 0 radical (unpaired) electrons. The lowest BCUT2D eigenvalue weighted by atomic mass is 10.2. The van der Waals surface area contributed by atoms with Crippen LogP contribution in [0, 0.1) is 0 Å². The van der Waals surface area contributed by atoms with Crippen molar-refractivity contribution in [3.05, 3.63) is 84.3 Å². The van der Waals surface area contributed by atoms with Crippen LogP contribution < -0.4 is 10.1 Å². The maximum atomic E-state index is 12.1. The van der Waals surface area contributed by atoms with Gasteiger partial charge in [0.25, 0.3) is 5.91 Å². The lowest BCUT2D eigenvalue weighted by molar-refractivity contribution is 0.0950. The molecule has 5 heteroatoms. The molecule has 0 aliphatic rings. The summed E-state index contributed by atoms with van der Waals surface area (Å²) >= 11 is 0. The summed E-state index contributed by atoms with van der Waals surface area (Å²) in [6, 6.07) is 16.5. The Hall–Kier alpha value is -3.21. The van der Waals surface area contributed by atoms with Gasteiger partial charge in [0.05, 0.1) is 5.56 Å². The Bertz CT molecular complexity index is 777. The van der Waals surface area contributed by atoms with Crippen LogP contribution in [0.25, 0.3) is 0 Å². The molecule has 1 amide bonds. The fraction of sp³-hybridized carbons (Fsp3) is 0.0556. The Balaban J connectivity index is 1.70. The topological polar surface area (TPSA) is 64.1 Å². The number of benzene rings is 1. The zero-order valence-corrected chi connectivity index (χ0v) is 12.3. The van der Waals surface area contributed by atoms with Crippen LogP contribution >= 0.6 is 0 Å². The van der Waals surface area contributed by atoms with Gasteiger partial charge in [-0.15, -0.1) is 0 Å². The number of amides is 1. The van der Waals surface area contributed by atoms with Crippen LogP contribution in [0.3, 0.4) is 0 Å². The first-order valence-corrected chi connectivity index (χ1v) is 7.18. The largest absolute Gasteiger partial charge is 0.439 e. The molecule has 2 aromatic heterocycles. The Morgan fingerprint density at radius 3 is 2.61 bits per heavy atom. The van der Waals surface area contributed by atoms with E-state index in [1.165, 1.54) is 6.20 Å². The molecule has 0 spiro atoms. The zero-order valence-electron chi connectivity index (χ0n) is 12.3. The summed E-state index contributed by atoms with van der Waals surface area (Å²) in [5, 5.41) is 2.84. The summed E-state index contributed by atoms with van der Waals surface area (Å²) in [5.41, 5.74) is 1.32. The van der Waals surface area contributed by atoms with Crippen LogP contribution in [0.1, 0.15) is 15.9 Å². The number of hydrogen-bond donors (Lipinski definition) is 1. The first-order valence-electron chi connectivity index (χ1n) is 7.18. The summed E-state index contributed by atoms with van der Waals surface area (Å²) in [6.45, 7) is 0.323. The number of rotatable bonds is 5. The highest BCUT2D eigenvalue weighted by atomic mass is 16.5. The number of pyridine rings is 2. The van der Waals surface area contributed by atoms with Gasteiger partial charge >= 0.3 is 0 Å². The number of nitrogens with zero attached hydrogens (tertiary/aromatic N) is 2. The van der Waals surface area contributed by atoms with E-state index < -0.39 is 0 Å². The number of nitrogens with one attached hydrogen (secondary N) is 1. The molecule has 0 aliphatic carbocycles. The smallest absolute Gasteiger partial charge is 0.253 e. The van der Waals surface area contributed by atoms with Crippen molar-refractivity contribution in [1.29, 1.82) is 0 Å². The van der Waals surface area contributed by atoms with E-state index in [2.05, 4.69) is 15.3 Å². The normalized spacial score (nSPS) is 10.1. The molecule has 0 fully saturated rings. The van der Waals surface area contributed by atoms with Gasteiger partial charge in [-0.05, 0) is 30.3 Å². The van der Waals surface area contributed by atoms with E-state index in [0.29, 0.717) is 23.7 Å². The molecule has 114 valence electrons. The number of ether oxygens (including phenoxy) is 1. The molecule has 0 aliphatic heterocycles. The molecule has 0 unspecified atom stereocenters. The third-order valence-corrected chi connectivity index (χ3v) is 3.17. The molecule has 3 rings (SSSR count). The van der Waals surface area contributed by atoms with Crippen molar-refractivity contribution in [2.75, 3.05) is 0 Å². The van der Waals surface area contributed by atoms with Crippen LogP contribution in [-0.4, -0.2) is 15.9 Å². The number of hydrogen-bond acceptors (Lipinski definition) is 4. The summed E-state index contributed by atoms with van der Waals surface area (Å²) in [6.07, 6.45) is 4.81. The second kappa shape index (κ2) is 7.17. The fourth-order valence-electron chi connectivity index (χ4n) is 2.03. The van der Waals surface area contributed by atoms with Gasteiger partial charge in [0.1, 0.15) is 5.75 Å². The van der Waals surface area contributed by atoms with E-state index in [1.54, 1.807) is 24.5 Å². The molecular formula is C18H15N3O2. The standard InChI is InChI=1S/C18H15N3O2/c22-17(14-6-4-10-19-12-14)21-13-15-7-5-11-20-18(15)23-16-8-2-1-3-9-16/h1-12H,13H2,(H,21,22). The highest BCUT2D eigenvalue weighted by Crippen LogP contribution is 2.22. The third kappa shape index (κ3) is 3.91. The minimum Gasteiger partial charge on any atom is -0.439 e. The molecule has 1 aromatic carbocycles. The van der Waals surface area contributed by atoms with Crippen molar-refractivity contribution in [1.82, 2.24) is 15.3 Å². The van der Waals surface area contributed by atoms with Gasteiger partial charge in [-0.25, -0.2) is 4.98 Å². The van der Waals surface area contributed by atoms with Gasteiger partial charge in [0.2, 0.25) is 5.88 Å². The maximum absolute atomic E-state index is 12.1. The van der Waals surface area contributed by atoms with Crippen LogP contribution in [0.5, 0.6) is 11.6 Å². The quantitative estimate of drug-likeness (QED) is 0.786. The van der Waals surface area contributed by atoms with Crippen molar-refractivity contribution in [3.63, 3.8) is 0 Å². The van der Waals surface area contributed by atoms with Gasteiger partial charge in [-0.1, -0.05) is 24.3 Å². The first kappa shape index (κ1) is 14.7. The second-order valence-electron chi connectivity index (χ2n) is 4.81. The second-order valence-corrected chi connectivity index (χ2v) is 4.81. The summed E-state index contributed by atoms with van der Waals surface area (Å²) in [7, 11) is 0. The SMILES string of the molecule is O=C(NCc1cccnc1Oc1ccccc1)c1cccnc1. The molecule has 2 heterocycles. The van der Waals surface area contributed by atoms with Crippen molar-refractivity contribution >= 4 is 5.91 Å². The van der Waals surface area contributed by atoms with Gasteiger partial charge in [0.15, 0.2) is 0 Å². The number of aromatic nitrogens is 2. The van der Waals surface area contributed by atoms with Crippen LogP contribution in [0.2, 0.25) is 0 Å². The monoisotopic (exact) mass is 305 g/mol. The zero-order chi connectivity index (χ0) is 15.9. The Labute approximate surface area is 134 Å². The minimum atomic E-state index is -0.187. The first-order chi connectivity index (χ1) is 11.3. The summed E-state index contributed by atoms with van der Waals surface area (Å²) in [5.74, 6) is 0.990. The average Bonchev–Trinajstić information content (AvgIpc) is 2.62. The van der Waals surface area contributed by atoms with Gasteiger partial charge < -0.3 is 10.1 Å². The van der Waals surface area contributed by atoms with E-state index in [4.69, 9.17) is 4.74 Å². The molecule has 0 saturated carbocycles. The lowest BCUT2D eigenvalue weighted by Crippen LogP contribution is -2.23. The van der Waals surface area contributed by atoms with Crippen LogP contribution in [-0.2, 0) is 6.54 Å². The highest BCUT2D eigenvalue weighted by molar-refractivity contribution is 5.93. The van der Waals surface area contributed by atoms with Crippen LogP contribution in [0.15, 0.2) is 73.2 Å². The molecule has 0 bridgehead atoms. The Morgan fingerprint density at radius 2 is 1.83 bits per heavy atom.